The highest BCUT2D eigenvalue weighted by molar-refractivity contribution is 5.79. The first kappa shape index (κ1) is 18.7. The Morgan fingerprint density at radius 2 is 2.09 bits per heavy atom. The maximum Gasteiger partial charge on any atom is 0.307 e. The van der Waals surface area contributed by atoms with Crippen molar-refractivity contribution in [2.24, 2.45) is 17.3 Å². The van der Waals surface area contributed by atoms with Gasteiger partial charge in [-0.05, 0) is 37.5 Å². The van der Waals surface area contributed by atoms with Crippen LogP contribution < -0.4 is 0 Å². The molecule has 1 rings (SSSR count). The zero-order chi connectivity index (χ0) is 17.0. The van der Waals surface area contributed by atoms with E-state index in [2.05, 4.69) is 6.58 Å². The molecule has 0 amide bonds. The maximum atomic E-state index is 12.2. The number of ether oxygens (including phenoxy) is 1. The predicted molar refractivity (Wildman–Crippen MR) is 86.5 cm³/mol. The molecular weight excluding hydrogens is 280 g/mol. The molecule has 0 heterocycles. The van der Waals surface area contributed by atoms with Crippen LogP contribution >= 0.6 is 0 Å². The molecule has 0 aromatic carbocycles. The van der Waals surface area contributed by atoms with E-state index in [0.29, 0.717) is 5.92 Å². The van der Waals surface area contributed by atoms with Gasteiger partial charge in [-0.3, -0.25) is 9.59 Å². The van der Waals surface area contributed by atoms with E-state index in [4.69, 9.17) is 4.74 Å². The summed E-state index contributed by atoms with van der Waals surface area (Å²) in [5.74, 6) is -1.62. The normalized spacial score (nSPS) is 25.4. The number of allylic oxidation sites excluding steroid dienone is 1. The van der Waals surface area contributed by atoms with Crippen LogP contribution in [-0.2, 0) is 14.3 Å². The summed E-state index contributed by atoms with van der Waals surface area (Å²) in [4.78, 5) is 23.5. The minimum absolute atomic E-state index is 0.0556. The third-order valence-corrected chi connectivity index (χ3v) is 4.77. The zero-order valence-electron chi connectivity index (χ0n) is 14.4. The topological polar surface area (TPSA) is 63.6 Å². The standard InChI is InChI=1S/C18H30O4/c1-6-8-9-10-13-12-18(13,7-2)22-15(19)11-14(16(20)21)17(3,4)5/h6,13-14H,1,7-12H2,2-5H3,(H,20,21)/t13-,14+,18-/m0/s1. The van der Waals surface area contributed by atoms with Crippen molar-refractivity contribution in [2.75, 3.05) is 0 Å². The van der Waals surface area contributed by atoms with Crippen molar-refractivity contribution in [2.45, 2.75) is 71.8 Å². The summed E-state index contributed by atoms with van der Waals surface area (Å²) >= 11 is 0. The molecule has 4 nitrogen and oxygen atoms in total. The fourth-order valence-corrected chi connectivity index (χ4v) is 3.06. The largest absolute Gasteiger partial charge is 0.481 e. The minimum Gasteiger partial charge on any atom is -0.481 e. The Hall–Kier alpha value is -1.32. The van der Waals surface area contributed by atoms with Crippen LogP contribution in [0.3, 0.4) is 0 Å². The fourth-order valence-electron chi connectivity index (χ4n) is 3.06. The SMILES string of the molecule is C=CCCC[C@H]1C[C@]1(CC)OC(=O)C[C@H](C(=O)O)C(C)(C)C. The molecule has 0 aromatic rings. The number of aliphatic carboxylic acids is 1. The highest BCUT2D eigenvalue weighted by atomic mass is 16.6. The lowest BCUT2D eigenvalue weighted by atomic mass is 9.79. The van der Waals surface area contributed by atoms with Crippen LogP contribution in [0.5, 0.6) is 0 Å². The van der Waals surface area contributed by atoms with Crippen LogP contribution in [0.2, 0.25) is 0 Å². The second-order valence-corrected chi connectivity index (χ2v) is 7.47. The van der Waals surface area contributed by atoms with Crippen LogP contribution in [0.15, 0.2) is 12.7 Å². The van der Waals surface area contributed by atoms with Gasteiger partial charge >= 0.3 is 11.9 Å². The third kappa shape index (κ3) is 4.85. The molecule has 1 N–H and O–H groups in total. The van der Waals surface area contributed by atoms with Crippen molar-refractivity contribution >= 4 is 11.9 Å². The van der Waals surface area contributed by atoms with E-state index in [1.807, 2.05) is 33.8 Å². The molecule has 1 saturated carbocycles. The Bertz CT molecular complexity index is 421. The van der Waals surface area contributed by atoms with Crippen molar-refractivity contribution in [1.29, 1.82) is 0 Å². The van der Waals surface area contributed by atoms with Gasteiger partial charge in [0.1, 0.15) is 5.60 Å². The number of carboxylic acid groups (broad SMARTS) is 1. The van der Waals surface area contributed by atoms with E-state index >= 15 is 0 Å². The summed E-state index contributed by atoms with van der Waals surface area (Å²) < 4.78 is 5.69. The van der Waals surface area contributed by atoms with Gasteiger partial charge in [0, 0.05) is 5.92 Å². The molecule has 3 atom stereocenters. The number of carboxylic acids is 1. The highest BCUT2D eigenvalue weighted by Gasteiger charge is 2.55. The van der Waals surface area contributed by atoms with Gasteiger partial charge < -0.3 is 9.84 Å². The summed E-state index contributed by atoms with van der Waals surface area (Å²) in [6, 6.07) is 0. The molecule has 4 heteroatoms. The Labute approximate surface area is 133 Å². The van der Waals surface area contributed by atoms with Gasteiger partial charge in [-0.1, -0.05) is 33.8 Å². The molecule has 0 aliphatic heterocycles. The molecule has 1 aliphatic carbocycles. The lowest BCUT2D eigenvalue weighted by molar-refractivity contribution is -0.160. The highest BCUT2D eigenvalue weighted by Crippen LogP contribution is 2.52. The number of carbonyl (C=O) groups is 2. The number of unbranched alkanes of at least 4 members (excludes halogenated alkanes) is 1. The molecular formula is C18H30O4. The van der Waals surface area contributed by atoms with Crippen molar-refractivity contribution in [3.63, 3.8) is 0 Å². The number of carbonyl (C=O) groups excluding carboxylic acids is 1. The van der Waals surface area contributed by atoms with Gasteiger partial charge in [0.25, 0.3) is 0 Å². The van der Waals surface area contributed by atoms with Crippen molar-refractivity contribution in [3.05, 3.63) is 12.7 Å². The molecule has 1 fully saturated rings. The molecule has 0 radical (unpaired) electrons. The summed E-state index contributed by atoms with van der Waals surface area (Å²) in [6.45, 7) is 11.3. The number of hydrogen-bond donors (Lipinski definition) is 1. The monoisotopic (exact) mass is 310 g/mol. The third-order valence-electron chi connectivity index (χ3n) is 4.77. The number of hydrogen-bond acceptors (Lipinski definition) is 3. The van der Waals surface area contributed by atoms with Crippen LogP contribution in [-0.4, -0.2) is 22.6 Å². The predicted octanol–water partition coefficient (Wildman–Crippen LogP) is 4.19. The van der Waals surface area contributed by atoms with Crippen LogP contribution in [0.4, 0.5) is 0 Å². The van der Waals surface area contributed by atoms with Gasteiger partial charge in [0.15, 0.2) is 0 Å². The number of esters is 1. The smallest absolute Gasteiger partial charge is 0.307 e. The van der Waals surface area contributed by atoms with E-state index in [-0.39, 0.29) is 18.0 Å². The summed E-state index contributed by atoms with van der Waals surface area (Å²) in [6.07, 6.45) is 6.63. The molecule has 22 heavy (non-hydrogen) atoms. The van der Waals surface area contributed by atoms with E-state index in [1.54, 1.807) is 0 Å². The van der Waals surface area contributed by atoms with E-state index in [0.717, 1.165) is 32.1 Å². The molecule has 126 valence electrons. The molecule has 0 saturated heterocycles. The second kappa shape index (κ2) is 7.30. The Morgan fingerprint density at radius 1 is 1.45 bits per heavy atom. The Kier molecular flexibility index (Phi) is 6.21. The number of rotatable bonds is 9. The van der Waals surface area contributed by atoms with Gasteiger partial charge in [-0.15, -0.1) is 6.58 Å². The minimum atomic E-state index is -0.937. The first-order chi connectivity index (χ1) is 10.2. The molecule has 0 unspecified atom stereocenters. The first-order valence-corrected chi connectivity index (χ1v) is 8.22. The fraction of sp³-hybridized carbons (Fsp3) is 0.778. The van der Waals surface area contributed by atoms with Crippen LogP contribution in [0.1, 0.15) is 66.2 Å². The van der Waals surface area contributed by atoms with Crippen molar-refractivity contribution in [3.8, 4) is 0 Å². The van der Waals surface area contributed by atoms with Gasteiger partial charge in [0.2, 0.25) is 0 Å². The molecule has 0 aromatic heterocycles. The van der Waals surface area contributed by atoms with Gasteiger partial charge in [0.05, 0.1) is 12.3 Å². The molecule has 1 aliphatic rings. The second-order valence-electron chi connectivity index (χ2n) is 7.47. The Balaban J connectivity index is 2.56. The lowest BCUT2D eigenvalue weighted by Crippen LogP contribution is -2.33. The quantitative estimate of drug-likeness (QED) is 0.394. The summed E-state index contributed by atoms with van der Waals surface area (Å²) in [5.41, 5.74) is -0.809. The molecule has 0 spiro atoms. The summed E-state index contributed by atoms with van der Waals surface area (Å²) in [5, 5.41) is 9.31. The van der Waals surface area contributed by atoms with Crippen molar-refractivity contribution in [1.82, 2.24) is 0 Å². The van der Waals surface area contributed by atoms with E-state index in [1.165, 1.54) is 0 Å². The van der Waals surface area contributed by atoms with E-state index in [9.17, 15) is 14.7 Å². The van der Waals surface area contributed by atoms with Crippen LogP contribution in [0, 0.1) is 17.3 Å². The molecule has 0 bridgehead atoms. The first-order valence-electron chi connectivity index (χ1n) is 8.22. The lowest BCUT2D eigenvalue weighted by Gasteiger charge is -2.27. The van der Waals surface area contributed by atoms with Gasteiger partial charge in [-0.2, -0.15) is 0 Å². The average molecular weight is 310 g/mol. The van der Waals surface area contributed by atoms with Crippen molar-refractivity contribution < 1.29 is 19.4 Å². The van der Waals surface area contributed by atoms with Gasteiger partial charge in [-0.25, -0.2) is 0 Å². The van der Waals surface area contributed by atoms with Crippen LogP contribution in [0.25, 0.3) is 0 Å². The zero-order valence-corrected chi connectivity index (χ0v) is 14.4. The van der Waals surface area contributed by atoms with E-state index < -0.39 is 17.3 Å². The summed E-state index contributed by atoms with van der Waals surface area (Å²) in [7, 11) is 0. The maximum absolute atomic E-state index is 12.2. The average Bonchev–Trinajstić information content (AvgIpc) is 3.08. The Morgan fingerprint density at radius 3 is 2.55 bits per heavy atom.